The molecule has 1 aromatic heterocycles. The van der Waals surface area contributed by atoms with Crippen LogP contribution in [0.2, 0.25) is 5.15 Å². The Morgan fingerprint density at radius 1 is 1.44 bits per heavy atom. The second-order valence-electron chi connectivity index (χ2n) is 4.45. The summed E-state index contributed by atoms with van der Waals surface area (Å²) in [7, 11) is -3.59. The van der Waals surface area contributed by atoms with Gasteiger partial charge in [0.1, 0.15) is 5.15 Å². The van der Waals surface area contributed by atoms with Crippen LogP contribution in [0.3, 0.4) is 0 Å². The van der Waals surface area contributed by atoms with Gasteiger partial charge in [0, 0.05) is 12.2 Å². The van der Waals surface area contributed by atoms with Crippen molar-refractivity contribution in [2.75, 3.05) is 0 Å². The van der Waals surface area contributed by atoms with Gasteiger partial charge in [0.25, 0.3) is 0 Å². The fraction of sp³-hybridized carbons (Fsp3) is 0.545. The summed E-state index contributed by atoms with van der Waals surface area (Å²) in [6, 6.07) is 2.49. The van der Waals surface area contributed by atoms with Gasteiger partial charge in [0.05, 0.1) is 11.0 Å². The molecule has 0 aromatic carbocycles. The largest absolute Gasteiger partial charge is 0.393 e. The molecule has 1 saturated carbocycles. The standard InChI is InChI=1S/C11H15ClN2O3S/c12-11-7-10(4-5-13-11)18(16,17)14-8-2-1-3-9(15)6-8/h4-5,7-9,14-15H,1-3,6H2. The summed E-state index contributed by atoms with van der Waals surface area (Å²) in [6.07, 6.45) is 3.69. The first-order valence-electron chi connectivity index (χ1n) is 5.79. The summed E-state index contributed by atoms with van der Waals surface area (Å²) in [6.45, 7) is 0. The molecule has 0 radical (unpaired) electrons. The van der Waals surface area contributed by atoms with Crippen molar-refractivity contribution >= 4 is 21.6 Å². The molecule has 1 fully saturated rings. The third-order valence-electron chi connectivity index (χ3n) is 2.98. The van der Waals surface area contributed by atoms with Gasteiger partial charge in [-0.25, -0.2) is 18.1 Å². The molecule has 2 N–H and O–H groups in total. The number of pyridine rings is 1. The van der Waals surface area contributed by atoms with Crippen molar-refractivity contribution in [1.29, 1.82) is 0 Å². The lowest BCUT2D eigenvalue weighted by atomic mass is 9.94. The molecule has 1 heterocycles. The summed E-state index contributed by atoms with van der Waals surface area (Å²) in [5.74, 6) is 0. The van der Waals surface area contributed by atoms with Crippen LogP contribution in [-0.2, 0) is 10.0 Å². The molecule has 1 aliphatic carbocycles. The number of sulfonamides is 1. The van der Waals surface area contributed by atoms with E-state index in [1.54, 1.807) is 0 Å². The fourth-order valence-electron chi connectivity index (χ4n) is 2.11. The van der Waals surface area contributed by atoms with Crippen molar-refractivity contribution in [2.45, 2.75) is 42.7 Å². The molecule has 2 atom stereocenters. The maximum atomic E-state index is 12.1. The summed E-state index contributed by atoms with van der Waals surface area (Å²) in [5, 5.41) is 9.67. The van der Waals surface area contributed by atoms with Gasteiger partial charge in [-0.2, -0.15) is 0 Å². The molecule has 1 aliphatic rings. The summed E-state index contributed by atoms with van der Waals surface area (Å²) >= 11 is 5.67. The first-order chi connectivity index (χ1) is 8.47. The van der Waals surface area contributed by atoms with E-state index in [4.69, 9.17) is 11.6 Å². The topological polar surface area (TPSA) is 79.3 Å². The van der Waals surface area contributed by atoms with E-state index >= 15 is 0 Å². The monoisotopic (exact) mass is 290 g/mol. The molecule has 0 amide bonds. The van der Waals surface area contributed by atoms with E-state index < -0.39 is 16.1 Å². The molecule has 5 nitrogen and oxygen atoms in total. The Labute approximate surface area is 111 Å². The number of halogens is 1. The second-order valence-corrected chi connectivity index (χ2v) is 6.55. The van der Waals surface area contributed by atoms with Crippen molar-refractivity contribution in [3.8, 4) is 0 Å². The van der Waals surface area contributed by atoms with Gasteiger partial charge in [-0.05, 0) is 37.8 Å². The first kappa shape index (κ1) is 13.7. The predicted molar refractivity (Wildman–Crippen MR) is 67.8 cm³/mol. The van der Waals surface area contributed by atoms with E-state index in [1.165, 1.54) is 18.3 Å². The van der Waals surface area contributed by atoms with Crippen LogP contribution in [0.5, 0.6) is 0 Å². The number of aliphatic hydroxyl groups excluding tert-OH is 1. The van der Waals surface area contributed by atoms with Crippen LogP contribution in [0.25, 0.3) is 0 Å². The minimum absolute atomic E-state index is 0.0996. The maximum Gasteiger partial charge on any atom is 0.240 e. The Morgan fingerprint density at radius 3 is 2.89 bits per heavy atom. The minimum atomic E-state index is -3.59. The van der Waals surface area contributed by atoms with Crippen LogP contribution in [0.4, 0.5) is 0 Å². The van der Waals surface area contributed by atoms with Crippen molar-refractivity contribution in [2.24, 2.45) is 0 Å². The van der Waals surface area contributed by atoms with E-state index in [2.05, 4.69) is 9.71 Å². The highest BCUT2D eigenvalue weighted by Crippen LogP contribution is 2.21. The van der Waals surface area contributed by atoms with Crippen LogP contribution in [0.15, 0.2) is 23.2 Å². The lowest BCUT2D eigenvalue weighted by Gasteiger charge is -2.26. The predicted octanol–water partition coefficient (Wildman–Crippen LogP) is 1.32. The average molecular weight is 291 g/mol. The SMILES string of the molecule is O=S(=O)(NC1CCCC(O)C1)c1ccnc(Cl)c1. The van der Waals surface area contributed by atoms with E-state index in [9.17, 15) is 13.5 Å². The van der Waals surface area contributed by atoms with E-state index in [0.29, 0.717) is 6.42 Å². The lowest BCUT2D eigenvalue weighted by molar-refractivity contribution is 0.117. The molecule has 2 unspecified atom stereocenters. The Balaban J connectivity index is 2.12. The minimum Gasteiger partial charge on any atom is -0.393 e. The molecule has 2 rings (SSSR count). The quantitative estimate of drug-likeness (QED) is 0.823. The van der Waals surface area contributed by atoms with E-state index in [1.807, 2.05) is 0 Å². The van der Waals surface area contributed by atoms with Gasteiger partial charge in [-0.1, -0.05) is 11.6 Å². The number of nitrogens with zero attached hydrogens (tertiary/aromatic N) is 1. The Bertz CT molecular complexity index is 521. The number of hydrogen-bond acceptors (Lipinski definition) is 4. The molecule has 0 bridgehead atoms. The zero-order chi connectivity index (χ0) is 13.2. The molecule has 0 spiro atoms. The maximum absolute atomic E-state index is 12.1. The molecule has 7 heteroatoms. The second kappa shape index (κ2) is 5.52. The molecule has 18 heavy (non-hydrogen) atoms. The van der Waals surface area contributed by atoms with Gasteiger partial charge in [0.15, 0.2) is 0 Å². The van der Waals surface area contributed by atoms with E-state index in [-0.39, 0.29) is 16.1 Å². The fourth-order valence-corrected chi connectivity index (χ4v) is 3.64. The van der Waals surface area contributed by atoms with Gasteiger partial charge in [-0.15, -0.1) is 0 Å². The third kappa shape index (κ3) is 3.41. The Morgan fingerprint density at radius 2 is 2.22 bits per heavy atom. The van der Waals surface area contributed by atoms with Gasteiger partial charge in [0.2, 0.25) is 10.0 Å². The van der Waals surface area contributed by atoms with E-state index in [0.717, 1.165) is 19.3 Å². The Hall–Kier alpha value is -0.690. The van der Waals surface area contributed by atoms with Crippen LogP contribution in [0, 0.1) is 0 Å². The number of nitrogens with one attached hydrogen (secondary N) is 1. The van der Waals surface area contributed by atoms with Crippen molar-refractivity contribution in [3.05, 3.63) is 23.5 Å². The van der Waals surface area contributed by atoms with Crippen LogP contribution in [0.1, 0.15) is 25.7 Å². The molecular weight excluding hydrogens is 276 g/mol. The highest BCUT2D eigenvalue weighted by atomic mass is 35.5. The molecule has 0 saturated heterocycles. The highest BCUT2D eigenvalue weighted by molar-refractivity contribution is 7.89. The van der Waals surface area contributed by atoms with Crippen molar-refractivity contribution in [1.82, 2.24) is 9.71 Å². The number of hydrogen-bond donors (Lipinski definition) is 2. The molecule has 1 aromatic rings. The van der Waals surface area contributed by atoms with Gasteiger partial charge < -0.3 is 5.11 Å². The number of aromatic nitrogens is 1. The summed E-state index contributed by atoms with van der Waals surface area (Å²) in [5.41, 5.74) is 0. The van der Waals surface area contributed by atoms with Crippen LogP contribution < -0.4 is 4.72 Å². The number of aliphatic hydroxyl groups is 1. The summed E-state index contributed by atoms with van der Waals surface area (Å²) < 4.78 is 26.8. The zero-order valence-corrected chi connectivity index (χ0v) is 11.3. The van der Waals surface area contributed by atoms with Crippen molar-refractivity contribution < 1.29 is 13.5 Å². The Kier molecular flexibility index (Phi) is 4.21. The summed E-state index contributed by atoms with van der Waals surface area (Å²) in [4.78, 5) is 3.85. The average Bonchev–Trinajstić information content (AvgIpc) is 2.28. The highest BCUT2D eigenvalue weighted by Gasteiger charge is 2.25. The van der Waals surface area contributed by atoms with Crippen LogP contribution >= 0.6 is 11.6 Å². The molecule has 100 valence electrons. The third-order valence-corrected chi connectivity index (χ3v) is 4.70. The molecular formula is C11H15ClN2O3S. The number of rotatable bonds is 3. The smallest absolute Gasteiger partial charge is 0.240 e. The van der Waals surface area contributed by atoms with Gasteiger partial charge in [-0.3, -0.25) is 0 Å². The zero-order valence-electron chi connectivity index (χ0n) is 9.71. The lowest BCUT2D eigenvalue weighted by Crippen LogP contribution is -2.39. The first-order valence-corrected chi connectivity index (χ1v) is 7.65. The van der Waals surface area contributed by atoms with Crippen molar-refractivity contribution in [3.63, 3.8) is 0 Å². The molecule has 0 aliphatic heterocycles. The normalized spacial score (nSPS) is 25.0. The van der Waals surface area contributed by atoms with Gasteiger partial charge >= 0.3 is 0 Å². The van der Waals surface area contributed by atoms with Crippen LogP contribution in [-0.4, -0.2) is 30.7 Å².